The average molecular weight is 340 g/mol. The van der Waals surface area contributed by atoms with Crippen molar-refractivity contribution in [3.8, 4) is 0 Å². The largest absolute Gasteiger partial charge is 0.369 e. The van der Waals surface area contributed by atoms with Gasteiger partial charge >= 0.3 is 0 Å². The molecule has 0 aliphatic carbocycles. The van der Waals surface area contributed by atoms with Crippen LogP contribution in [0.1, 0.15) is 31.4 Å². The van der Waals surface area contributed by atoms with E-state index in [4.69, 9.17) is 5.73 Å². The van der Waals surface area contributed by atoms with Crippen LogP contribution in [-0.2, 0) is 9.59 Å². The van der Waals surface area contributed by atoms with E-state index in [1.165, 1.54) is 15.7 Å². The second-order valence-corrected chi connectivity index (χ2v) is 7.00. The molecule has 5 nitrogen and oxygen atoms in total. The molecule has 1 fully saturated rings. The van der Waals surface area contributed by atoms with Crippen LogP contribution in [-0.4, -0.2) is 31.4 Å². The van der Waals surface area contributed by atoms with Crippen molar-refractivity contribution in [2.45, 2.75) is 25.8 Å². The summed E-state index contributed by atoms with van der Waals surface area (Å²) in [7, 11) is 0. The molecule has 2 aromatic carbocycles. The van der Waals surface area contributed by atoms with Crippen LogP contribution in [0.15, 0.2) is 42.5 Å². The van der Waals surface area contributed by atoms with Gasteiger partial charge in [0.05, 0.1) is 19.1 Å². The van der Waals surface area contributed by atoms with Crippen LogP contribution in [0.25, 0.3) is 10.8 Å². The van der Waals surface area contributed by atoms with Gasteiger partial charge < -0.3 is 16.0 Å². The minimum absolute atomic E-state index is 0.0247. The molecule has 1 atom stereocenters. The van der Waals surface area contributed by atoms with Gasteiger partial charge in [0, 0.05) is 18.8 Å². The SMILES string of the molecule is C[C@@H](NC(=O)C[NH+]1CCC(C(N)=O)CC1)c1ccc2ccccc2c1. The summed E-state index contributed by atoms with van der Waals surface area (Å²) >= 11 is 0. The lowest BCUT2D eigenvalue weighted by Gasteiger charge is -2.27. The molecule has 25 heavy (non-hydrogen) atoms. The molecule has 0 spiro atoms. The number of nitrogens with one attached hydrogen (secondary N) is 2. The van der Waals surface area contributed by atoms with Gasteiger partial charge in [-0.15, -0.1) is 0 Å². The highest BCUT2D eigenvalue weighted by atomic mass is 16.2. The summed E-state index contributed by atoms with van der Waals surface area (Å²) in [4.78, 5) is 24.8. The number of carbonyl (C=O) groups is 2. The molecule has 3 rings (SSSR count). The van der Waals surface area contributed by atoms with Crippen LogP contribution < -0.4 is 16.0 Å². The minimum Gasteiger partial charge on any atom is -0.369 e. The third kappa shape index (κ3) is 4.37. The summed E-state index contributed by atoms with van der Waals surface area (Å²) in [6, 6.07) is 14.5. The highest BCUT2D eigenvalue weighted by Gasteiger charge is 2.27. The van der Waals surface area contributed by atoms with Crippen molar-refractivity contribution in [2.75, 3.05) is 19.6 Å². The van der Waals surface area contributed by atoms with E-state index in [-0.39, 0.29) is 23.8 Å². The lowest BCUT2D eigenvalue weighted by Crippen LogP contribution is -3.14. The molecular formula is C20H26N3O2+. The standard InChI is InChI=1S/C20H25N3O2/c1-14(17-7-6-15-4-2-3-5-18(15)12-17)22-19(24)13-23-10-8-16(9-11-23)20(21)25/h2-7,12,14,16H,8-11,13H2,1H3,(H2,21,25)(H,22,24)/p+1/t14-/m1/s1. The highest BCUT2D eigenvalue weighted by Crippen LogP contribution is 2.20. The van der Waals surface area contributed by atoms with Crippen LogP contribution in [0.5, 0.6) is 0 Å². The molecule has 1 heterocycles. The number of benzene rings is 2. The van der Waals surface area contributed by atoms with E-state index in [9.17, 15) is 9.59 Å². The van der Waals surface area contributed by atoms with Crippen LogP contribution in [0.3, 0.4) is 0 Å². The van der Waals surface area contributed by atoms with Gasteiger partial charge in [-0.25, -0.2) is 0 Å². The van der Waals surface area contributed by atoms with E-state index < -0.39 is 0 Å². The number of hydrogen-bond acceptors (Lipinski definition) is 2. The fourth-order valence-corrected chi connectivity index (χ4v) is 3.57. The summed E-state index contributed by atoms with van der Waals surface area (Å²) in [5.41, 5.74) is 6.46. The second kappa shape index (κ2) is 7.66. The molecule has 2 aromatic rings. The monoisotopic (exact) mass is 340 g/mol. The first-order chi connectivity index (χ1) is 12.0. The molecule has 0 bridgehead atoms. The van der Waals surface area contributed by atoms with E-state index >= 15 is 0 Å². The van der Waals surface area contributed by atoms with Gasteiger partial charge in [0.1, 0.15) is 0 Å². The zero-order chi connectivity index (χ0) is 17.8. The maximum Gasteiger partial charge on any atom is 0.275 e. The van der Waals surface area contributed by atoms with Crippen molar-refractivity contribution in [1.82, 2.24) is 5.32 Å². The molecule has 1 saturated heterocycles. The van der Waals surface area contributed by atoms with Crippen molar-refractivity contribution in [3.63, 3.8) is 0 Å². The van der Waals surface area contributed by atoms with Gasteiger partial charge in [0.15, 0.2) is 6.54 Å². The average Bonchev–Trinajstić information content (AvgIpc) is 2.61. The smallest absolute Gasteiger partial charge is 0.275 e. The van der Waals surface area contributed by atoms with Gasteiger partial charge in [-0.05, 0) is 29.3 Å². The van der Waals surface area contributed by atoms with Gasteiger partial charge in [-0.2, -0.15) is 0 Å². The van der Waals surface area contributed by atoms with Gasteiger partial charge in [0.25, 0.3) is 5.91 Å². The molecule has 0 saturated carbocycles. The lowest BCUT2D eigenvalue weighted by atomic mass is 9.96. The number of quaternary nitrogens is 1. The number of carbonyl (C=O) groups excluding carboxylic acids is 2. The molecule has 2 amide bonds. The third-order valence-corrected chi connectivity index (χ3v) is 5.16. The van der Waals surface area contributed by atoms with Crippen LogP contribution in [0.2, 0.25) is 0 Å². The Balaban J connectivity index is 1.54. The summed E-state index contributed by atoms with van der Waals surface area (Å²) in [6.45, 7) is 4.11. The Kier molecular flexibility index (Phi) is 5.34. The molecule has 0 radical (unpaired) electrons. The third-order valence-electron chi connectivity index (χ3n) is 5.16. The Bertz CT molecular complexity index is 766. The number of piperidine rings is 1. The van der Waals surface area contributed by atoms with E-state index in [0.29, 0.717) is 6.54 Å². The Hall–Kier alpha value is -2.40. The molecule has 5 heteroatoms. The van der Waals surface area contributed by atoms with Crippen molar-refractivity contribution >= 4 is 22.6 Å². The topological polar surface area (TPSA) is 76.6 Å². The van der Waals surface area contributed by atoms with E-state index in [1.807, 2.05) is 19.1 Å². The van der Waals surface area contributed by atoms with E-state index in [0.717, 1.165) is 31.5 Å². The fraction of sp³-hybridized carbons (Fsp3) is 0.400. The Morgan fingerprint density at radius 1 is 1.16 bits per heavy atom. The normalized spacial score (nSPS) is 21.6. The van der Waals surface area contributed by atoms with Crippen molar-refractivity contribution < 1.29 is 14.5 Å². The molecule has 0 unspecified atom stereocenters. The minimum atomic E-state index is -0.214. The molecule has 4 N–H and O–H groups in total. The highest BCUT2D eigenvalue weighted by molar-refractivity contribution is 5.83. The van der Waals surface area contributed by atoms with Gasteiger partial charge in [0.2, 0.25) is 5.91 Å². The number of likely N-dealkylation sites (tertiary alicyclic amines) is 1. The first-order valence-corrected chi connectivity index (χ1v) is 8.94. The van der Waals surface area contributed by atoms with Crippen molar-refractivity contribution in [2.24, 2.45) is 11.7 Å². The lowest BCUT2D eigenvalue weighted by molar-refractivity contribution is -0.897. The van der Waals surface area contributed by atoms with Gasteiger partial charge in [-0.1, -0.05) is 36.4 Å². The Morgan fingerprint density at radius 2 is 1.84 bits per heavy atom. The quantitative estimate of drug-likeness (QED) is 0.753. The predicted octanol–water partition coefficient (Wildman–Crippen LogP) is 0.797. The van der Waals surface area contributed by atoms with Crippen LogP contribution in [0.4, 0.5) is 0 Å². The first kappa shape index (κ1) is 17.4. The molecule has 0 aromatic heterocycles. The van der Waals surface area contributed by atoms with E-state index in [1.54, 1.807) is 0 Å². The van der Waals surface area contributed by atoms with Crippen LogP contribution in [0, 0.1) is 5.92 Å². The number of rotatable bonds is 5. The number of amides is 2. The molecular weight excluding hydrogens is 314 g/mol. The fourth-order valence-electron chi connectivity index (χ4n) is 3.57. The van der Waals surface area contributed by atoms with Crippen molar-refractivity contribution in [3.05, 3.63) is 48.0 Å². The molecule has 1 aliphatic rings. The molecule has 1 aliphatic heterocycles. The van der Waals surface area contributed by atoms with E-state index in [2.05, 4.69) is 35.6 Å². The maximum atomic E-state index is 12.4. The molecule has 132 valence electrons. The maximum absolute atomic E-state index is 12.4. The zero-order valence-corrected chi connectivity index (χ0v) is 14.6. The number of nitrogens with two attached hydrogens (primary N) is 1. The summed E-state index contributed by atoms with van der Waals surface area (Å²) in [6.07, 6.45) is 1.55. The first-order valence-electron chi connectivity index (χ1n) is 8.94. The predicted molar refractivity (Wildman–Crippen MR) is 98.0 cm³/mol. The zero-order valence-electron chi connectivity index (χ0n) is 14.6. The number of hydrogen-bond donors (Lipinski definition) is 3. The summed E-state index contributed by atoms with van der Waals surface area (Å²) in [5.74, 6) is -0.190. The number of fused-ring (bicyclic) bond motifs is 1. The van der Waals surface area contributed by atoms with Gasteiger partial charge in [-0.3, -0.25) is 9.59 Å². The Labute approximate surface area is 148 Å². The Morgan fingerprint density at radius 3 is 2.52 bits per heavy atom. The number of primary amides is 1. The van der Waals surface area contributed by atoms with Crippen molar-refractivity contribution in [1.29, 1.82) is 0 Å². The summed E-state index contributed by atoms with van der Waals surface area (Å²) < 4.78 is 0. The summed E-state index contributed by atoms with van der Waals surface area (Å²) in [5, 5.41) is 5.47. The van der Waals surface area contributed by atoms with Crippen LogP contribution >= 0.6 is 0 Å². The second-order valence-electron chi connectivity index (χ2n) is 7.00.